The smallest absolute Gasteiger partial charge is 0.295 e. The molecule has 1 N–H and O–H groups in total. The number of hydrogen-bond donors (Lipinski definition) is 1. The molecule has 4 rings (SSSR count). The van der Waals surface area contributed by atoms with Crippen molar-refractivity contribution >= 4 is 17.6 Å². The minimum atomic E-state index is -0.524. The highest BCUT2D eigenvalue weighted by Crippen LogP contribution is 2.22. The maximum atomic E-state index is 12.9. The van der Waals surface area contributed by atoms with E-state index in [2.05, 4.69) is 4.98 Å². The molecule has 0 unspecified atom stereocenters. The number of Topliss-reactive ketones (excluding diaryl/α,β-unsaturated/α-hetero) is 1. The highest BCUT2D eigenvalue weighted by molar-refractivity contribution is 6.43. The van der Waals surface area contributed by atoms with Crippen molar-refractivity contribution in [2.75, 3.05) is 26.2 Å². The van der Waals surface area contributed by atoms with Gasteiger partial charge >= 0.3 is 0 Å². The number of aryl methyl sites for hydroxylation is 2. The van der Waals surface area contributed by atoms with Crippen molar-refractivity contribution in [3.05, 3.63) is 83.0 Å². The van der Waals surface area contributed by atoms with Gasteiger partial charge in [-0.15, -0.1) is 0 Å². The van der Waals surface area contributed by atoms with Gasteiger partial charge in [0.25, 0.3) is 17.6 Å². The van der Waals surface area contributed by atoms with Gasteiger partial charge in [-0.05, 0) is 37.6 Å². The summed E-state index contributed by atoms with van der Waals surface area (Å²) in [6, 6.07) is 18.9. The Morgan fingerprint density at radius 2 is 1.48 bits per heavy atom. The lowest BCUT2D eigenvalue weighted by Gasteiger charge is -2.34. The molecule has 3 aromatic rings. The summed E-state index contributed by atoms with van der Waals surface area (Å²) in [4.78, 5) is 44.9. The van der Waals surface area contributed by atoms with Crippen molar-refractivity contribution in [1.29, 1.82) is 0 Å². The van der Waals surface area contributed by atoms with E-state index in [0.29, 0.717) is 43.0 Å². The van der Waals surface area contributed by atoms with Crippen LogP contribution < -0.4 is 0 Å². The summed E-state index contributed by atoms with van der Waals surface area (Å²) in [5, 5.41) is 0. The van der Waals surface area contributed by atoms with Crippen molar-refractivity contribution in [2.24, 2.45) is 0 Å². The molecule has 0 radical (unpaired) electrons. The highest BCUT2D eigenvalue weighted by Gasteiger charge is 2.30. The van der Waals surface area contributed by atoms with E-state index < -0.39 is 11.7 Å². The molecule has 2 aromatic carbocycles. The van der Waals surface area contributed by atoms with Gasteiger partial charge in [0.2, 0.25) is 0 Å². The molecule has 0 bridgehead atoms. The zero-order valence-electron chi connectivity index (χ0n) is 17.7. The van der Waals surface area contributed by atoms with Crippen LogP contribution in [-0.4, -0.2) is 58.6 Å². The Morgan fingerprint density at radius 3 is 2.16 bits per heavy atom. The third kappa shape index (κ3) is 4.28. The van der Waals surface area contributed by atoms with Gasteiger partial charge in [-0.3, -0.25) is 14.4 Å². The zero-order chi connectivity index (χ0) is 22.0. The number of amides is 2. The van der Waals surface area contributed by atoms with Gasteiger partial charge in [0.05, 0.1) is 0 Å². The van der Waals surface area contributed by atoms with Crippen molar-refractivity contribution in [3.63, 3.8) is 0 Å². The van der Waals surface area contributed by atoms with Gasteiger partial charge in [0.15, 0.2) is 0 Å². The van der Waals surface area contributed by atoms with Crippen LogP contribution >= 0.6 is 0 Å². The largest absolute Gasteiger partial charge is 0.358 e. The van der Waals surface area contributed by atoms with E-state index in [1.807, 2.05) is 55.5 Å². The quantitative estimate of drug-likeness (QED) is 0.524. The fraction of sp³-hybridized carbons (Fsp3) is 0.240. The lowest BCUT2D eigenvalue weighted by molar-refractivity contribution is -0.127. The number of aromatic amines is 1. The van der Waals surface area contributed by atoms with E-state index in [-0.39, 0.29) is 5.91 Å². The molecule has 0 spiro atoms. The van der Waals surface area contributed by atoms with Crippen LogP contribution in [0.4, 0.5) is 0 Å². The van der Waals surface area contributed by atoms with Crippen molar-refractivity contribution in [2.45, 2.75) is 13.8 Å². The number of rotatable bonds is 4. The van der Waals surface area contributed by atoms with Crippen LogP contribution in [0.5, 0.6) is 0 Å². The first kappa shape index (κ1) is 20.6. The molecule has 1 aromatic heterocycles. The monoisotopic (exact) mass is 415 g/mol. The van der Waals surface area contributed by atoms with Gasteiger partial charge in [-0.25, -0.2) is 0 Å². The van der Waals surface area contributed by atoms with E-state index in [4.69, 9.17) is 0 Å². The Bertz CT molecular complexity index is 1130. The molecule has 31 heavy (non-hydrogen) atoms. The topological polar surface area (TPSA) is 73.5 Å². The highest BCUT2D eigenvalue weighted by atomic mass is 16.2. The van der Waals surface area contributed by atoms with Crippen molar-refractivity contribution < 1.29 is 14.4 Å². The molecule has 158 valence electrons. The number of H-pyrrole nitrogens is 1. The van der Waals surface area contributed by atoms with Gasteiger partial charge in [-0.2, -0.15) is 0 Å². The molecule has 0 aliphatic carbocycles. The first-order valence-electron chi connectivity index (χ1n) is 10.4. The van der Waals surface area contributed by atoms with Crippen LogP contribution in [0.15, 0.2) is 60.7 Å². The molecule has 2 amide bonds. The second-order valence-electron chi connectivity index (χ2n) is 7.87. The first-order valence-corrected chi connectivity index (χ1v) is 10.4. The maximum Gasteiger partial charge on any atom is 0.295 e. The molecule has 1 saturated heterocycles. The summed E-state index contributed by atoms with van der Waals surface area (Å²) in [6.45, 7) is 5.26. The number of aromatic nitrogens is 1. The number of benzene rings is 2. The normalized spacial score (nSPS) is 13.9. The molecule has 2 heterocycles. The third-order valence-electron chi connectivity index (χ3n) is 5.66. The van der Waals surface area contributed by atoms with E-state index >= 15 is 0 Å². The Hall–Kier alpha value is -3.67. The van der Waals surface area contributed by atoms with Crippen molar-refractivity contribution in [1.82, 2.24) is 14.8 Å². The van der Waals surface area contributed by atoms with Crippen molar-refractivity contribution in [3.8, 4) is 11.3 Å². The molecule has 6 nitrogen and oxygen atoms in total. The SMILES string of the molecule is Cc1cccc(C(=O)N2CCN(C(=O)C(=O)c3cc(-c4ccccc4)[nH]c3C)CC2)c1. The standard InChI is InChI=1S/C25H25N3O3/c1-17-7-6-10-20(15-17)24(30)27-11-13-28(14-12-27)25(31)23(29)21-16-22(26-18(21)2)19-8-4-3-5-9-19/h3-10,15-16,26H,11-14H2,1-2H3. The average molecular weight is 415 g/mol. The number of hydrogen-bond acceptors (Lipinski definition) is 3. The lowest BCUT2D eigenvalue weighted by Crippen LogP contribution is -2.52. The van der Waals surface area contributed by atoms with E-state index in [9.17, 15) is 14.4 Å². The van der Waals surface area contributed by atoms with Gasteiger partial charge in [0, 0.05) is 48.7 Å². The minimum absolute atomic E-state index is 0.0453. The van der Waals surface area contributed by atoms with E-state index in [1.165, 1.54) is 4.90 Å². The Kier molecular flexibility index (Phi) is 5.71. The predicted octanol–water partition coefficient (Wildman–Crippen LogP) is 3.47. The minimum Gasteiger partial charge on any atom is -0.358 e. The Balaban J connectivity index is 1.41. The molecule has 1 aliphatic rings. The summed E-state index contributed by atoms with van der Waals surface area (Å²) in [6.07, 6.45) is 0. The molecule has 1 aliphatic heterocycles. The number of ketones is 1. The van der Waals surface area contributed by atoms with Crippen LogP contribution in [0.2, 0.25) is 0 Å². The van der Waals surface area contributed by atoms with E-state index in [0.717, 1.165) is 16.8 Å². The predicted molar refractivity (Wildman–Crippen MR) is 119 cm³/mol. The number of nitrogens with zero attached hydrogens (tertiary/aromatic N) is 2. The number of carbonyl (C=O) groups is 3. The Labute approximate surface area is 181 Å². The average Bonchev–Trinajstić information content (AvgIpc) is 3.20. The van der Waals surface area contributed by atoms with Crippen LogP contribution in [0.25, 0.3) is 11.3 Å². The number of piperazine rings is 1. The van der Waals surface area contributed by atoms with Crippen LogP contribution in [-0.2, 0) is 4.79 Å². The number of nitrogens with one attached hydrogen (secondary N) is 1. The molecular weight excluding hydrogens is 390 g/mol. The van der Waals surface area contributed by atoms with Gasteiger partial charge in [0.1, 0.15) is 0 Å². The second kappa shape index (κ2) is 8.60. The maximum absolute atomic E-state index is 12.9. The molecule has 0 saturated carbocycles. The zero-order valence-corrected chi connectivity index (χ0v) is 17.7. The molecule has 6 heteroatoms. The summed E-state index contributed by atoms with van der Waals surface area (Å²) in [5.41, 5.74) is 4.50. The van der Waals surface area contributed by atoms with Crippen LogP contribution in [0, 0.1) is 13.8 Å². The van der Waals surface area contributed by atoms with Gasteiger partial charge < -0.3 is 14.8 Å². The number of carbonyl (C=O) groups excluding carboxylic acids is 3. The van der Waals surface area contributed by atoms with E-state index in [1.54, 1.807) is 24.0 Å². The third-order valence-corrected chi connectivity index (χ3v) is 5.66. The summed E-state index contributed by atoms with van der Waals surface area (Å²) in [5.74, 6) is -1.09. The molecular formula is C25H25N3O3. The first-order chi connectivity index (χ1) is 14.9. The lowest BCUT2D eigenvalue weighted by atomic mass is 10.1. The van der Waals surface area contributed by atoms with Crippen LogP contribution in [0.1, 0.15) is 32.0 Å². The van der Waals surface area contributed by atoms with Gasteiger partial charge in [-0.1, -0.05) is 48.0 Å². The fourth-order valence-corrected chi connectivity index (χ4v) is 3.90. The molecule has 0 atom stereocenters. The molecule has 1 fully saturated rings. The van der Waals surface area contributed by atoms with Crippen LogP contribution in [0.3, 0.4) is 0 Å². The second-order valence-corrected chi connectivity index (χ2v) is 7.87. The Morgan fingerprint density at radius 1 is 0.806 bits per heavy atom. The fourth-order valence-electron chi connectivity index (χ4n) is 3.90. The summed E-state index contributed by atoms with van der Waals surface area (Å²) >= 11 is 0. The summed E-state index contributed by atoms with van der Waals surface area (Å²) < 4.78 is 0. The summed E-state index contributed by atoms with van der Waals surface area (Å²) in [7, 11) is 0.